The maximum absolute atomic E-state index is 12.1. The summed E-state index contributed by atoms with van der Waals surface area (Å²) >= 11 is 0. The number of likely N-dealkylation sites (tertiary alicyclic amines) is 1. The second kappa shape index (κ2) is 3.78. The van der Waals surface area contributed by atoms with Crippen molar-refractivity contribution in [1.82, 2.24) is 10.2 Å². The summed E-state index contributed by atoms with van der Waals surface area (Å²) in [6.45, 7) is 2.00. The average molecular weight is 208 g/mol. The van der Waals surface area contributed by atoms with Gasteiger partial charge in [-0.2, -0.15) is 0 Å². The second-order valence-corrected chi connectivity index (χ2v) is 5.40. The Bertz CT molecular complexity index is 260. The van der Waals surface area contributed by atoms with Crippen molar-refractivity contribution in [3.8, 4) is 0 Å². The standard InChI is InChI=1S/C12H20N2O/c15-12(5-9-3-1-2-4-9)14-8-10-6-11(14)7-13-10/h9-11,13H,1-8H2/t10-,11+/m0/s1. The Balaban J connectivity index is 1.56. The van der Waals surface area contributed by atoms with E-state index in [0.717, 1.165) is 19.5 Å². The molecule has 2 atom stereocenters. The normalized spacial score (nSPS) is 35.3. The molecule has 1 aliphatic carbocycles. The molecule has 2 aliphatic heterocycles. The second-order valence-electron chi connectivity index (χ2n) is 5.40. The van der Waals surface area contributed by atoms with Crippen molar-refractivity contribution >= 4 is 5.91 Å². The molecule has 2 bridgehead atoms. The fraction of sp³-hybridized carbons (Fsp3) is 0.917. The quantitative estimate of drug-likeness (QED) is 0.738. The van der Waals surface area contributed by atoms with E-state index in [0.29, 0.717) is 23.9 Å². The number of hydrogen-bond acceptors (Lipinski definition) is 2. The Labute approximate surface area is 91.2 Å². The van der Waals surface area contributed by atoms with Crippen LogP contribution < -0.4 is 5.32 Å². The smallest absolute Gasteiger partial charge is 0.223 e. The summed E-state index contributed by atoms with van der Waals surface area (Å²) in [5.74, 6) is 1.13. The molecule has 2 heterocycles. The Morgan fingerprint density at radius 2 is 2.13 bits per heavy atom. The van der Waals surface area contributed by atoms with E-state index in [4.69, 9.17) is 0 Å². The first kappa shape index (κ1) is 9.64. The molecule has 0 radical (unpaired) electrons. The van der Waals surface area contributed by atoms with Gasteiger partial charge >= 0.3 is 0 Å². The molecule has 3 aliphatic rings. The number of carbonyl (C=O) groups excluding carboxylic acids is 1. The number of nitrogens with zero attached hydrogens (tertiary/aromatic N) is 1. The van der Waals surface area contributed by atoms with Crippen molar-refractivity contribution in [3.63, 3.8) is 0 Å². The van der Waals surface area contributed by atoms with Crippen molar-refractivity contribution in [2.75, 3.05) is 13.1 Å². The highest BCUT2D eigenvalue weighted by Crippen LogP contribution is 2.30. The van der Waals surface area contributed by atoms with Gasteiger partial charge in [-0.25, -0.2) is 0 Å². The van der Waals surface area contributed by atoms with Crippen molar-refractivity contribution in [1.29, 1.82) is 0 Å². The molecule has 1 N–H and O–H groups in total. The van der Waals surface area contributed by atoms with Crippen LogP contribution in [0.25, 0.3) is 0 Å². The molecule has 1 amide bonds. The van der Waals surface area contributed by atoms with Gasteiger partial charge in [0, 0.05) is 31.6 Å². The molecule has 3 rings (SSSR count). The molecule has 0 unspecified atom stereocenters. The third-order valence-corrected chi connectivity index (χ3v) is 4.31. The number of rotatable bonds is 2. The zero-order valence-electron chi connectivity index (χ0n) is 9.24. The van der Waals surface area contributed by atoms with Crippen LogP contribution in [0.3, 0.4) is 0 Å². The van der Waals surface area contributed by atoms with Gasteiger partial charge in [-0.15, -0.1) is 0 Å². The van der Waals surface area contributed by atoms with Gasteiger partial charge in [0.05, 0.1) is 0 Å². The first-order valence-electron chi connectivity index (χ1n) is 6.36. The molecule has 2 saturated heterocycles. The molecule has 0 aromatic carbocycles. The van der Waals surface area contributed by atoms with Crippen LogP contribution in [0.15, 0.2) is 0 Å². The predicted octanol–water partition coefficient (Wildman–Crippen LogP) is 1.14. The Morgan fingerprint density at radius 3 is 2.73 bits per heavy atom. The molecular formula is C12H20N2O. The van der Waals surface area contributed by atoms with Gasteiger partial charge in [-0.05, 0) is 25.2 Å². The van der Waals surface area contributed by atoms with E-state index in [1.807, 2.05) is 0 Å². The van der Waals surface area contributed by atoms with Crippen LogP contribution in [-0.2, 0) is 4.79 Å². The first-order valence-corrected chi connectivity index (χ1v) is 6.36. The summed E-state index contributed by atoms with van der Waals surface area (Å²) in [5.41, 5.74) is 0. The Kier molecular flexibility index (Phi) is 2.43. The van der Waals surface area contributed by atoms with E-state index >= 15 is 0 Å². The predicted molar refractivity (Wildman–Crippen MR) is 58.5 cm³/mol. The van der Waals surface area contributed by atoms with E-state index in [9.17, 15) is 4.79 Å². The van der Waals surface area contributed by atoms with Crippen molar-refractivity contribution in [2.45, 2.75) is 50.6 Å². The fourth-order valence-electron chi connectivity index (χ4n) is 3.44. The van der Waals surface area contributed by atoms with E-state index in [2.05, 4.69) is 10.2 Å². The summed E-state index contributed by atoms with van der Waals surface area (Å²) in [7, 11) is 0. The van der Waals surface area contributed by atoms with Crippen LogP contribution in [0.2, 0.25) is 0 Å². The number of carbonyl (C=O) groups is 1. The highest BCUT2D eigenvalue weighted by atomic mass is 16.2. The Morgan fingerprint density at radius 1 is 1.33 bits per heavy atom. The lowest BCUT2D eigenvalue weighted by Crippen LogP contribution is -2.46. The van der Waals surface area contributed by atoms with Gasteiger partial charge in [0.25, 0.3) is 0 Å². The third kappa shape index (κ3) is 1.78. The molecular weight excluding hydrogens is 188 g/mol. The summed E-state index contributed by atoms with van der Waals surface area (Å²) in [6, 6.07) is 1.12. The molecule has 3 heteroatoms. The molecule has 0 aromatic heterocycles. The third-order valence-electron chi connectivity index (χ3n) is 4.31. The lowest BCUT2D eigenvalue weighted by atomic mass is 10.0. The lowest BCUT2D eigenvalue weighted by Gasteiger charge is -2.28. The number of hydrogen-bond donors (Lipinski definition) is 1. The molecule has 0 spiro atoms. The van der Waals surface area contributed by atoms with Gasteiger partial charge in [-0.3, -0.25) is 4.79 Å². The van der Waals surface area contributed by atoms with Crippen molar-refractivity contribution in [3.05, 3.63) is 0 Å². The lowest BCUT2D eigenvalue weighted by molar-refractivity contribution is -0.133. The highest BCUT2D eigenvalue weighted by Gasteiger charge is 2.40. The van der Waals surface area contributed by atoms with E-state index in [-0.39, 0.29) is 0 Å². The van der Waals surface area contributed by atoms with Crippen LogP contribution in [0.1, 0.15) is 38.5 Å². The minimum Gasteiger partial charge on any atom is -0.337 e. The van der Waals surface area contributed by atoms with Gasteiger partial charge < -0.3 is 10.2 Å². The zero-order valence-corrected chi connectivity index (χ0v) is 9.24. The highest BCUT2D eigenvalue weighted by molar-refractivity contribution is 5.77. The monoisotopic (exact) mass is 208 g/mol. The average Bonchev–Trinajstić information content (AvgIpc) is 2.93. The van der Waals surface area contributed by atoms with Crippen molar-refractivity contribution in [2.24, 2.45) is 5.92 Å². The molecule has 3 fully saturated rings. The summed E-state index contributed by atoms with van der Waals surface area (Å²) < 4.78 is 0. The molecule has 1 saturated carbocycles. The minimum absolute atomic E-state index is 0.427. The summed E-state index contributed by atoms with van der Waals surface area (Å²) in [4.78, 5) is 14.2. The van der Waals surface area contributed by atoms with Gasteiger partial charge in [0.2, 0.25) is 5.91 Å². The van der Waals surface area contributed by atoms with Gasteiger partial charge in [0.15, 0.2) is 0 Å². The number of nitrogens with one attached hydrogen (secondary N) is 1. The van der Waals surface area contributed by atoms with Crippen LogP contribution in [0, 0.1) is 5.92 Å². The van der Waals surface area contributed by atoms with E-state index in [1.54, 1.807) is 0 Å². The number of amides is 1. The molecule has 15 heavy (non-hydrogen) atoms. The number of piperazine rings is 1. The first-order chi connectivity index (χ1) is 7.33. The summed E-state index contributed by atoms with van der Waals surface area (Å²) in [6.07, 6.45) is 7.26. The minimum atomic E-state index is 0.427. The summed E-state index contributed by atoms with van der Waals surface area (Å²) in [5, 5.41) is 3.44. The van der Waals surface area contributed by atoms with E-state index < -0.39 is 0 Å². The molecule has 84 valence electrons. The van der Waals surface area contributed by atoms with Crippen LogP contribution in [0.4, 0.5) is 0 Å². The fourth-order valence-corrected chi connectivity index (χ4v) is 3.44. The van der Waals surface area contributed by atoms with E-state index in [1.165, 1.54) is 32.1 Å². The number of fused-ring (bicyclic) bond motifs is 2. The van der Waals surface area contributed by atoms with Crippen LogP contribution in [-0.4, -0.2) is 36.0 Å². The molecule has 0 aromatic rings. The van der Waals surface area contributed by atoms with Gasteiger partial charge in [-0.1, -0.05) is 12.8 Å². The Hall–Kier alpha value is -0.570. The van der Waals surface area contributed by atoms with Gasteiger partial charge in [0.1, 0.15) is 0 Å². The largest absolute Gasteiger partial charge is 0.337 e. The SMILES string of the molecule is O=C(CC1CCCC1)N1C[C@@H]2C[C@@H]1CN2. The maximum Gasteiger partial charge on any atom is 0.223 e. The topological polar surface area (TPSA) is 32.3 Å². The zero-order chi connectivity index (χ0) is 10.3. The van der Waals surface area contributed by atoms with Crippen molar-refractivity contribution < 1.29 is 4.79 Å². The maximum atomic E-state index is 12.1. The molecule has 3 nitrogen and oxygen atoms in total. The van der Waals surface area contributed by atoms with Crippen LogP contribution >= 0.6 is 0 Å². The van der Waals surface area contributed by atoms with Crippen LogP contribution in [0.5, 0.6) is 0 Å².